The Morgan fingerprint density at radius 3 is 2.31 bits per heavy atom. The summed E-state index contributed by atoms with van der Waals surface area (Å²) in [6.07, 6.45) is 2.00. The van der Waals surface area contributed by atoms with E-state index in [0.29, 0.717) is 12.2 Å². The van der Waals surface area contributed by atoms with Crippen molar-refractivity contribution in [3.05, 3.63) is 96.2 Å². The number of fused-ring (bicyclic) bond motifs is 1. The van der Waals surface area contributed by atoms with Gasteiger partial charge in [0.1, 0.15) is 11.8 Å². The van der Waals surface area contributed by atoms with Crippen LogP contribution >= 0.6 is 0 Å². The third-order valence-corrected chi connectivity index (χ3v) is 6.26. The fourth-order valence-corrected chi connectivity index (χ4v) is 4.30. The van der Waals surface area contributed by atoms with Crippen LogP contribution in [0.5, 0.6) is 5.75 Å². The molecule has 0 fully saturated rings. The first-order valence-electron chi connectivity index (χ1n) is 12.1. The van der Waals surface area contributed by atoms with Crippen LogP contribution in [0, 0.1) is 5.92 Å². The van der Waals surface area contributed by atoms with Gasteiger partial charge in [0.2, 0.25) is 5.91 Å². The van der Waals surface area contributed by atoms with Crippen molar-refractivity contribution in [2.45, 2.75) is 25.8 Å². The van der Waals surface area contributed by atoms with Crippen LogP contribution in [0.2, 0.25) is 0 Å². The smallest absolute Gasteiger partial charge is 0.319 e. The number of carbonyl (C=O) groups is 2. The van der Waals surface area contributed by atoms with Crippen LogP contribution in [0.4, 0.5) is 10.5 Å². The highest BCUT2D eigenvalue weighted by Crippen LogP contribution is 2.31. The SMILES string of the molecule is COc1ccc(C(CNC(=O)C(NC(=O)Nc2ccccc2)C(C)C)c2c[nH]c3ccccc23)cc1. The number of rotatable bonds is 9. The van der Waals surface area contributed by atoms with E-state index in [1.165, 1.54) is 0 Å². The van der Waals surface area contributed by atoms with Gasteiger partial charge in [0.25, 0.3) is 0 Å². The lowest BCUT2D eigenvalue weighted by molar-refractivity contribution is -0.123. The maximum atomic E-state index is 13.3. The standard InChI is InChI=1S/C29H32N4O3/c1-19(2)27(33-29(35)32-21-9-5-4-6-10-21)28(34)31-17-24(20-13-15-22(36-3)16-14-20)25-18-30-26-12-8-7-11-23(25)26/h4-16,18-19,24,27,30H,17H2,1-3H3,(H,31,34)(H2,32,33,35). The maximum absolute atomic E-state index is 13.3. The van der Waals surface area contributed by atoms with E-state index in [2.05, 4.69) is 27.0 Å². The fourth-order valence-electron chi connectivity index (χ4n) is 4.30. The molecule has 4 rings (SSSR count). The van der Waals surface area contributed by atoms with E-state index < -0.39 is 12.1 Å². The van der Waals surface area contributed by atoms with Gasteiger partial charge in [-0.05, 0) is 47.4 Å². The summed E-state index contributed by atoms with van der Waals surface area (Å²) in [5.41, 5.74) is 3.84. The molecule has 1 aromatic heterocycles. The Balaban J connectivity index is 1.52. The molecule has 0 bridgehead atoms. The molecule has 2 atom stereocenters. The lowest BCUT2D eigenvalue weighted by Crippen LogP contribution is -2.51. The van der Waals surface area contributed by atoms with Gasteiger partial charge in [-0.1, -0.05) is 62.4 Å². The Morgan fingerprint density at radius 1 is 0.917 bits per heavy atom. The van der Waals surface area contributed by atoms with Gasteiger partial charge in [-0.15, -0.1) is 0 Å². The number of hydrogen-bond donors (Lipinski definition) is 4. The summed E-state index contributed by atoms with van der Waals surface area (Å²) in [7, 11) is 1.64. The molecule has 1 heterocycles. The molecule has 4 aromatic rings. The summed E-state index contributed by atoms with van der Waals surface area (Å²) >= 11 is 0. The van der Waals surface area contributed by atoms with Gasteiger partial charge in [-0.3, -0.25) is 4.79 Å². The molecule has 0 saturated carbocycles. The van der Waals surface area contributed by atoms with Crippen LogP contribution in [-0.2, 0) is 4.79 Å². The number of H-pyrrole nitrogens is 1. The van der Waals surface area contributed by atoms with E-state index in [1.807, 2.05) is 80.7 Å². The van der Waals surface area contributed by atoms with Crippen molar-refractivity contribution in [2.75, 3.05) is 19.0 Å². The predicted octanol–water partition coefficient (Wildman–Crippen LogP) is 5.27. The largest absolute Gasteiger partial charge is 0.497 e. The van der Waals surface area contributed by atoms with Crippen molar-refractivity contribution in [3.8, 4) is 5.75 Å². The maximum Gasteiger partial charge on any atom is 0.319 e. The van der Waals surface area contributed by atoms with Crippen LogP contribution in [0.3, 0.4) is 0 Å². The zero-order valence-corrected chi connectivity index (χ0v) is 20.7. The quantitative estimate of drug-likeness (QED) is 0.261. The minimum Gasteiger partial charge on any atom is -0.497 e. The van der Waals surface area contributed by atoms with Crippen molar-refractivity contribution in [1.82, 2.24) is 15.6 Å². The number of methoxy groups -OCH3 is 1. The Morgan fingerprint density at radius 2 is 1.61 bits per heavy atom. The summed E-state index contributed by atoms with van der Waals surface area (Å²) in [6.45, 7) is 4.19. The molecule has 36 heavy (non-hydrogen) atoms. The summed E-state index contributed by atoms with van der Waals surface area (Å²) < 4.78 is 5.32. The molecule has 0 aliphatic carbocycles. The summed E-state index contributed by atoms with van der Waals surface area (Å²) in [4.78, 5) is 29.2. The number of anilines is 1. The highest BCUT2D eigenvalue weighted by Gasteiger charge is 2.26. The third kappa shape index (κ3) is 5.86. The van der Waals surface area contributed by atoms with Gasteiger partial charge in [0, 0.05) is 35.2 Å². The monoisotopic (exact) mass is 484 g/mol. The van der Waals surface area contributed by atoms with E-state index in [1.54, 1.807) is 19.2 Å². The van der Waals surface area contributed by atoms with Gasteiger partial charge in [-0.25, -0.2) is 4.79 Å². The average molecular weight is 485 g/mol. The molecule has 4 N–H and O–H groups in total. The summed E-state index contributed by atoms with van der Waals surface area (Å²) in [5.74, 6) is 0.349. The number of aromatic amines is 1. The molecule has 2 unspecified atom stereocenters. The van der Waals surface area contributed by atoms with Crippen molar-refractivity contribution < 1.29 is 14.3 Å². The van der Waals surface area contributed by atoms with Crippen LogP contribution in [0.1, 0.15) is 30.9 Å². The number of ether oxygens (including phenoxy) is 1. The number of benzene rings is 3. The number of aromatic nitrogens is 1. The van der Waals surface area contributed by atoms with Crippen molar-refractivity contribution in [1.29, 1.82) is 0 Å². The summed E-state index contributed by atoms with van der Waals surface area (Å²) in [6, 6.07) is 24.0. The number of amides is 3. The van der Waals surface area contributed by atoms with Gasteiger partial charge in [0.05, 0.1) is 7.11 Å². The first kappa shape index (κ1) is 24.9. The molecular formula is C29H32N4O3. The first-order valence-corrected chi connectivity index (χ1v) is 12.1. The number of para-hydroxylation sites is 2. The van der Waals surface area contributed by atoms with Gasteiger partial charge >= 0.3 is 6.03 Å². The topological polar surface area (TPSA) is 95.2 Å². The molecule has 3 aromatic carbocycles. The minimum absolute atomic E-state index is 0.0954. The molecule has 186 valence electrons. The summed E-state index contributed by atoms with van der Waals surface area (Å²) in [5, 5.41) is 9.79. The molecule has 0 radical (unpaired) electrons. The van der Waals surface area contributed by atoms with Crippen LogP contribution in [0.25, 0.3) is 10.9 Å². The highest BCUT2D eigenvalue weighted by atomic mass is 16.5. The van der Waals surface area contributed by atoms with Crippen LogP contribution < -0.4 is 20.7 Å². The Bertz CT molecular complexity index is 1300. The van der Waals surface area contributed by atoms with Gasteiger partial charge < -0.3 is 25.7 Å². The van der Waals surface area contributed by atoms with E-state index in [4.69, 9.17) is 4.74 Å². The normalized spacial score (nSPS) is 12.7. The second-order valence-corrected chi connectivity index (χ2v) is 9.05. The molecule has 0 aliphatic rings. The van der Waals surface area contributed by atoms with Crippen molar-refractivity contribution in [2.24, 2.45) is 5.92 Å². The molecule has 7 heteroatoms. The second-order valence-electron chi connectivity index (χ2n) is 9.05. The average Bonchev–Trinajstić information content (AvgIpc) is 3.32. The van der Waals surface area contributed by atoms with E-state index in [-0.39, 0.29) is 17.7 Å². The van der Waals surface area contributed by atoms with Crippen LogP contribution in [-0.4, -0.2) is 36.6 Å². The first-order chi connectivity index (χ1) is 17.5. The van der Waals surface area contributed by atoms with Crippen LogP contribution in [0.15, 0.2) is 85.1 Å². The van der Waals surface area contributed by atoms with Crippen molar-refractivity contribution in [3.63, 3.8) is 0 Å². The zero-order chi connectivity index (χ0) is 25.5. The predicted molar refractivity (Wildman–Crippen MR) is 143 cm³/mol. The molecule has 0 saturated heterocycles. The fraction of sp³-hybridized carbons (Fsp3) is 0.241. The lowest BCUT2D eigenvalue weighted by atomic mass is 9.90. The number of nitrogens with one attached hydrogen (secondary N) is 4. The van der Waals surface area contributed by atoms with E-state index >= 15 is 0 Å². The molecular weight excluding hydrogens is 452 g/mol. The molecule has 0 aliphatic heterocycles. The Kier molecular flexibility index (Phi) is 7.90. The molecule has 0 spiro atoms. The minimum atomic E-state index is -0.687. The molecule has 3 amide bonds. The Hall–Kier alpha value is -4.26. The highest BCUT2D eigenvalue weighted by molar-refractivity contribution is 5.94. The number of hydrogen-bond acceptors (Lipinski definition) is 3. The zero-order valence-electron chi connectivity index (χ0n) is 20.7. The van der Waals surface area contributed by atoms with E-state index in [9.17, 15) is 9.59 Å². The number of carbonyl (C=O) groups excluding carboxylic acids is 2. The van der Waals surface area contributed by atoms with Crippen molar-refractivity contribution >= 4 is 28.5 Å². The lowest BCUT2D eigenvalue weighted by Gasteiger charge is -2.24. The molecule has 7 nitrogen and oxygen atoms in total. The van der Waals surface area contributed by atoms with E-state index in [0.717, 1.165) is 27.8 Å². The number of urea groups is 1. The Labute approximate surface area is 211 Å². The third-order valence-electron chi connectivity index (χ3n) is 6.26. The van der Waals surface area contributed by atoms with Gasteiger partial charge in [0.15, 0.2) is 0 Å². The second kappa shape index (κ2) is 11.4. The van der Waals surface area contributed by atoms with Gasteiger partial charge in [-0.2, -0.15) is 0 Å².